The van der Waals surface area contributed by atoms with Crippen LogP contribution < -0.4 is 0 Å². The van der Waals surface area contributed by atoms with Gasteiger partial charge in [-0.1, -0.05) is 110 Å². The molecule has 224 valence electrons. The molecule has 1 atom stereocenters. The average molecular weight is 560 g/mol. The van der Waals surface area contributed by atoms with Gasteiger partial charge < -0.3 is 9.47 Å². The largest absolute Gasteiger partial charge is 0.462 e. The van der Waals surface area contributed by atoms with E-state index in [-0.39, 0.29) is 30.1 Å². The summed E-state index contributed by atoms with van der Waals surface area (Å²) < 4.78 is 34.7. The van der Waals surface area contributed by atoms with Crippen molar-refractivity contribution < 1.29 is 27.5 Å². The van der Waals surface area contributed by atoms with Crippen LogP contribution in [0.4, 0.5) is 0 Å². The van der Waals surface area contributed by atoms with Crippen molar-refractivity contribution in [1.82, 2.24) is 4.90 Å². The summed E-state index contributed by atoms with van der Waals surface area (Å²) in [6.45, 7) is 5.70. The molecule has 1 aliphatic rings. The molecule has 7 nitrogen and oxygen atoms in total. The van der Waals surface area contributed by atoms with E-state index in [2.05, 4.69) is 13.8 Å². The van der Waals surface area contributed by atoms with Crippen molar-refractivity contribution in [2.75, 3.05) is 37.7 Å². The summed E-state index contributed by atoms with van der Waals surface area (Å²) in [5, 5.41) is 0. The first-order chi connectivity index (χ1) is 18.4. The lowest BCUT2D eigenvalue weighted by atomic mass is 10.1. The van der Waals surface area contributed by atoms with Gasteiger partial charge in [0.25, 0.3) is 0 Å². The monoisotopic (exact) mass is 559 g/mol. The molecule has 1 aliphatic heterocycles. The Morgan fingerprint density at radius 2 is 1.08 bits per heavy atom. The van der Waals surface area contributed by atoms with Crippen LogP contribution in [0.5, 0.6) is 0 Å². The Balaban J connectivity index is 2.32. The molecule has 0 aromatic carbocycles. The van der Waals surface area contributed by atoms with Crippen molar-refractivity contribution in [2.24, 2.45) is 0 Å². The number of ether oxygens (including phenoxy) is 2. The Morgan fingerprint density at radius 1 is 0.658 bits per heavy atom. The predicted molar refractivity (Wildman–Crippen MR) is 155 cm³/mol. The summed E-state index contributed by atoms with van der Waals surface area (Å²) in [5.74, 6) is -0.284. The Hall–Kier alpha value is -1.15. The van der Waals surface area contributed by atoms with Gasteiger partial charge >= 0.3 is 11.9 Å². The van der Waals surface area contributed by atoms with E-state index >= 15 is 0 Å². The van der Waals surface area contributed by atoms with Gasteiger partial charge in [-0.05, 0) is 12.8 Å². The number of carbonyl (C=O) groups excluding carboxylic acids is 2. The van der Waals surface area contributed by atoms with Gasteiger partial charge in [0.15, 0.2) is 9.84 Å². The second-order valence-corrected chi connectivity index (χ2v) is 13.4. The molecule has 0 radical (unpaired) electrons. The van der Waals surface area contributed by atoms with Crippen molar-refractivity contribution in [3.63, 3.8) is 0 Å². The van der Waals surface area contributed by atoms with Crippen molar-refractivity contribution in [1.29, 1.82) is 0 Å². The maximum Gasteiger partial charge on any atom is 0.306 e. The second-order valence-electron chi connectivity index (χ2n) is 11.1. The summed E-state index contributed by atoms with van der Waals surface area (Å²) in [7, 11) is -2.98. The van der Waals surface area contributed by atoms with Crippen LogP contribution in [0, 0.1) is 0 Å². The maximum absolute atomic E-state index is 12.5. The molecule has 0 amide bonds. The normalized spacial score (nSPS) is 16.3. The summed E-state index contributed by atoms with van der Waals surface area (Å²) in [6, 6.07) is 0. The van der Waals surface area contributed by atoms with Crippen LogP contribution in [0.2, 0.25) is 0 Å². The van der Waals surface area contributed by atoms with Gasteiger partial charge in [-0.3, -0.25) is 14.5 Å². The highest BCUT2D eigenvalue weighted by molar-refractivity contribution is 7.91. The average Bonchev–Trinajstić information content (AvgIpc) is 2.89. The molecule has 0 bridgehead atoms. The van der Waals surface area contributed by atoms with Gasteiger partial charge in [-0.2, -0.15) is 0 Å². The molecule has 1 unspecified atom stereocenters. The summed E-state index contributed by atoms with van der Waals surface area (Å²) in [5.41, 5.74) is 0. The van der Waals surface area contributed by atoms with Gasteiger partial charge in [0.1, 0.15) is 12.7 Å². The molecule has 8 heteroatoms. The lowest BCUT2D eigenvalue weighted by molar-refractivity contribution is -0.160. The number of esters is 2. The minimum absolute atomic E-state index is 0.0304. The first-order valence-electron chi connectivity index (χ1n) is 15.6. The fraction of sp³-hybridized carbons (Fsp3) is 0.933. The number of nitrogens with zero attached hydrogens (tertiary/aromatic N) is 1. The first kappa shape index (κ1) is 34.9. The van der Waals surface area contributed by atoms with Crippen molar-refractivity contribution >= 4 is 21.8 Å². The first-order valence-corrected chi connectivity index (χ1v) is 17.5. The summed E-state index contributed by atoms with van der Waals surface area (Å²) in [6.07, 6.45) is 20.1. The van der Waals surface area contributed by atoms with E-state index in [1.54, 1.807) is 0 Å². The minimum Gasteiger partial charge on any atom is -0.462 e. The predicted octanol–water partition coefficient (Wildman–Crippen LogP) is 6.62. The highest BCUT2D eigenvalue weighted by atomic mass is 32.2. The molecule has 38 heavy (non-hydrogen) atoms. The van der Waals surface area contributed by atoms with E-state index in [1.807, 2.05) is 4.90 Å². The lowest BCUT2D eigenvalue weighted by Crippen LogP contribution is -2.46. The molecular formula is C30H57NO6S. The quantitative estimate of drug-likeness (QED) is 0.0969. The molecule has 1 saturated heterocycles. The number of sulfone groups is 1. The van der Waals surface area contributed by atoms with Crippen LogP contribution in [-0.2, 0) is 28.9 Å². The number of hydrogen-bond donors (Lipinski definition) is 0. The third kappa shape index (κ3) is 19.9. The van der Waals surface area contributed by atoms with Gasteiger partial charge in [0, 0.05) is 32.5 Å². The number of hydrogen-bond acceptors (Lipinski definition) is 7. The Labute approximate surface area is 233 Å². The molecular weight excluding hydrogens is 502 g/mol. The third-order valence-corrected chi connectivity index (χ3v) is 8.96. The van der Waals surface area contributed by atoms with Gasteiger partial charge in [-0.25, -0.2) is 8.42 Å². The van der Waals surface area contributed by atoms with E-state index in [0.717, 1.165) is 38.5 Å². The van der Waals surface area contributed by atoms with E-state index in [1.165, 1.54) is 70.6 Å². The SMILES string of the molecule is CCCCCCCCCCCC(=O)OC(COC(=O)CCCCCCCCCC)CN1CCS(=O)(=O)CC1. The highest BCUT2D eigenvalue weighted by Gasteiger charge is 2.26. The molecule has 0 saturated carbocycles. The van der Waals surface area contributed by atoms with Crippen molar-refractivity contribution in [2.45, 2.75) is 142 Å². The summed E-state index contributed by atoms with van der Waals surface area (Å²) in [4.78, 5) is 26.8. The summed E-state index contributed by atoms with van der Waals surface area (Å²) >= 11 is 0. The zero-order valence-corrected chi connectivity index (χ0v) is 25.4. The lowest BCUT2D eigenvalue weighted by Gasteiger charge is -2.30. The fourth-order valence-electron chi connectivity index (χ4n) is 4.83. The molecule has 0 spiro atoms. The smallest absolute Gasteiger partial charge is 0.306 e. The Morgan fingerprint density at radius 3 is 1.55 bits per heavy atom. The topological polar surface area (TPSA) is 90.0 Å². The van der Waals surface area contributed by atoms with E-state index in [0.29, 0.717) is 32.5 Å². The van der Waals surface area contributed by atoms with Gasteiger partial charge in [0.05, 0.1) is 11.5 Å². The molecule has 1 heterocycles. The molecule has 0 aromatic heterocycles. The second kappa shape index (κ2) is 22.6. The van der Waals surface area contributed by atoms with E-state index in [4.69, 9.17) is 9.47 Å². The van der Waals surface area contributed by atoms with Gasteiger partial charge in [-0.15, -0.1) is 0 Å². The zero-order valence-electron chi connectivity index (χ0n) is 24.6. The number of rotatable bonds is 24. The number of unbranched alkanes of at least 4 members (excludes halogenated alkanes) is 15. The molecule has 0 aliphatic carbocycles. The fourth-order valence-corrected chi connectivity index (χ4v) is 6.11. The molecule has 0 N–H and O–H groups in total. The van der Waals surface area contributed by atoms with Crippen molar-refractivity contribution in [3.05, 3.63) is 0 Å². The maximum atomic E-state index is 12.5. The van der Waals surface area contributed by atoms with Crippen molar-refractivity contribution in [3.8, 4) is 0 Å². The van der Waals surface area contributed by atoms with Crippen LogP contribution in [0.3, 0.4) is 0 Å². The zero-order chi connectivity index (χ0) is 27.9. The third-order valence-electron chi connectivity index (χ3n) is 7.35. The van der Waals surface area contributed by atoms with Gasteiger partial charge in [0.2, 0.25) is 0 Å². The van der Waals surface area contributed by atoms with E-state index in [9.17, 15) is 18.0 Å². The Bertz CT molecular complexity index is 698. The molecule has 1 rings (SSSR count). The molecule has 1 fully saturated rings. The number of carbonyl (C=O) groups is 2. The van der Waals surface area contributed by atoms with Crippen LogP contribution in [0.25, 0.3) is 0 Å². The van der Waals surface area contributed by atoms with Crippen LogP contribution in [0.15, 0.2) is 0 Å². The molecule has 0 aromatic rings. The highest BCUT2D eigenvalue weighted by Crippen LogP contribution is 2.13. The van der Waals surface area contributed by atoms with E-state index < -0.39 is 15.9 Å². The van der Waals surface area contributed by atoms with Crippen LogP contribution >= 0.6 is 0 Å². The van der Waals surface area contributed by atoms with Crippen LogP contribution in [-0.4, -0.2) is 69.1 Å². The Kier molecular flexibility index (Phi) is 20.8. The minimum atomic E-state index is -2.98. The van der Waals surface area contributed by atoms with Crippen LogP contribution in [0.1, 0.15) is 136 Å². The standard InChI is InChI=1S/C30H57NO6S/c1-3-5-7-9-11-13-15-17-19-21-30(33)37-28(26-31-22-24-38(34,35)25-23-31)27-36-29(32)20-18-16-14-12-10-8-6-4-2/h28H,3-27H2,1-2H3.